The highest BCUT2D eigenvalue weighted by Gasteiger charge is 2.24. The Balaban J connectivity index is 2.11. The zero-order valence-corrected chi connectivity index (χ0v) is 18.0. The average molecular weight is 457 g/mol. The highest BCUT2D eigenvalue weighted by atomic mass is 32.2. The van der Waals surface area contributed by atoms with Crippen LogP contribution < -0.4 is 10.5 Å². The van der Waals surface area contributed by atoms with Crippen LogP contribution >= 0.6 is 0 Å². The molecule has 3 aromatic carbocycles. The summed E-state index contributed by atoms with van der Waals surface area (Å²) in [6.07, 6.45) is 1.24. The highest BCUT2D eigenvalue weighted by molar-refractivity contribution is 7.91. The lowest BCUT2D eigenvalue weighted by Crippen LogP contribution is -2.20. The molecule has 0 unspecified atom stereocenters. The van der Waals surface area contributed by atoms with Crippen molar-refractivity contribution in [2.24, 2.45) is 5.14 Å². The predicted molar refractivity (Wildman–Crippen MR) is 120 cm³/mol. The minimum atomic E-state index is -4.10. The molecule has 0 aromatic heterocycles. The first kappa shape index (κ1) is 22.4. The molecule has 9 heteroatoms. The van der Waals surface area contributed by atoms with Gasteiger partial charge >= 0.3 is 0 Å². The maximum atomic E-state index is 13.0. The van der Waals surface area contributed by atoms with Crippen LogP contribution in [-0.4, -0.2) is 28.5 Å². The molecule has 0 fully saturated rings. The van der Waals surface area contributed by atoms with Gasteiger partial charge in [0.2, 0.25) is 10.0 Å². The second-order valence-electron chi connectivity index (χ2n) is 6.64. The Kier molecular flexibility index (Phi) is 6.40. The number of carbonyl (C=O) groups is 1. The maximum Gasteiger partial charge on any atom is 0.257 e. The minimum absolute atomic E-state index is 0.0470. The number of hydrogen-bond donors (Lipinski definition) is 2. The molecular formula is C22H20N2O5S2. The average Bonchev–Trinajstić information content (AvgIpc) is 2.73. The van der Waals surface area contributed by atoms with E-state index in [-0.39, 0.29) is 26.8 Å². The molecule has 1 amide bonds. The van der Waals surface area contributed by atoms with Crippen molar-refractivity contribution in [1.29, 1.82) is 0 Å². The van der Waals surface area contributed by atoms with Gasteiger partial charge in [-0.15, -0.1) is 6.58 Å². The number of nitrogens with two attached hydrogens (primary N) is 1. The van der Waals surface area contributed by atoms with Crippen LogP contribution in [0.4, 0.5) is 5.69 Å². The molecule has 31 heavy (non-hydrogen) atoms. The molecule has 3 N–H and O–H groups in total. The topological polar surface area (TPSA) is 123 Å². The van der Waals surface area contributed by atoms with Crippen LogP contribution in [0.25, 0.3) is 11.1 Å². The monoisotopic (exact) mass is 456 g/mol. The Morgan fingerprint density at radius 3 is 2.16 bits per heavy atom. The van der Waals surface area contributed by atoms with E-state index < -0.39 is 25.8 Å². The van der Waals surface area contributed by atoms with Gasteiger partial charge in [0.1, 0.15) is 4.90 Å². The van der Waals surface area contributed by atoms with Gasteiger partial charge in [-0.1, -0.05) is 54.6 Å². The van der Waals surface area contributed by atoms with Gasteiger partial charge in [-0.25, -0.2) is 22.0 Å². The minimum Gasteiger partial charge on any atom is -0.321 e. The second kappa shape index (κ2) is 8.84. The molecule has 0 saturated heterocycles. The molecule has 3 rings (SSSR count). The third-order valence-corrected chi connectivity index (χ3v) is 7.10. The summed E-state index contributed by atoms with van der Waals surface area (Å²) in [6.45, 7) is 3.47. The van der Waals surface area contributed by atoms with E-state index in [4.69, 9.17) is 5.14 Å². The van der Waals surface area contributed by atoms with Crippen molar-refractivity contribution in [2.75, 3.05) is 11.1 Å². The summed E-state index contributed by atoms with van der Waals surface area (Å²) in [4.78, 5) is 12.5. The van der Waals surface area contributed by atoms with Gasteiger partial charge in [0.05, 0.1) is 21.9 Å². The third kappa shape index (κ3) is 5.08. The van der Waals surface area contributed by atoms with Gasteiger partial charge in [0, 0.05) is 0 Å². The number of hydrogen-bond acceptors (Lipinski definition) is 5. The van der Waals surface area contributed by atoms with Crippen LogP contribution in [-0.2, 0) is 19.9 Å². The molecule has 3 aromatic rings. The van der Waals surface area contributed by atoms with Gasteiger partial charge in [0.25, 0.3) is 5.91 Å². The number of sulfone groups is 1. The Bertz CT molecular complexity index is 1350. The van der Waals surface area contributed by atoms with Crippen molar-refractivity contribution in [3.8, 4) is 11.1 Å². The first-order chi connectivity index (χ1) is 14.6. The lowest BCUT2D eigenvalue weighted by Gasteiger charge is -2.14. The molecule has 0 bridgehead atoms. The van der Waals surface area contributed by atoms with Gasteiger partial charge in [-0.3, -0.25) is 4.79 Å². The molecule has 0 aliphatic rings. The molecule has 7 nitrogen and oxygen atoms in total. The summed E-state index contributed by atoms with van der Waals surface area (Å²) >= 11 is 0. The molecular weight excluding hydrogens is 436 g/mol. The van der Waals surface area contributed by atoms with E-state index in [0.717, 1.165) is 5.56 Å². The van der Waals surface area contributed by atoms with Crippen molar-refractivity contribution in [1.82, 2.24) is 0 Å². The van der Waals surface area contributed by atoms with Gasteiger partial charge < -0.3 is 5.32 Å². The number of nitrogens with one attached hydrogen (secondary N) is 1. The number of primary sulfonamides is 1. The summed E-state index contributed by atoms with van der Waals surface area (Å²) < 4.78 is 49.3. The lowest BCUT2D eigenvalue weighted by molar-refractivity contribution is 0.102. The van der Waals surface area contributed by atoms with E-state index in [1.807, 2.05) is 30.3 Å². The van der Waals surface area contributed by atoms with E-state index in [0.29, 0.717) is 5.56 Å². The van der Waals surface area contributed by atoms with Crippen molar-refractivity contribution in [3.05, 3.63) is 91.0 Å². The smallest absolute Gasteiger partial charge is 0.257 e. The molecule has 0 aliphatic carbocycles. The van der Waals surface area contributed by atoms with Crippen LogP contribution in [0.15, 0.2) is 95.2 Å². The fourth-order valence-corrected chi connectivity index (χ4v) is 5.02. The quantitative estimate of drug-likeness (QED) is 0.529. The van der Waals surface area contributed by atoms with E-state index in [1.165, 1.54) is 42.5 Å². The Labute approximate surface area is 181 Å². The highest BCUT2D eigenvalue weighted by Crippen LogP contribution is 2.28. The predicted octanol–water partition coefficient (Wildman–Crippen LogP) is 3.21. The zero-order valence-electron chi connectivity index (χ0n) is 16.4. The number of rotatable bonds is 7. The Morgan fingerprint density at radius 2 is 1.52 bits per heavy atom. The third-order valence-electron chi connectivity index (χ3n) is 4.45. The standard InChI is InChI=1S/C22H20N2O5S2/c1-2-14-30(26,27)21-15-17(16-8-4-3-5-9-16)12-13-18(21)22(25)24-19-10-6-7-11-20(19)31(23,28)29/h2-13,15H,1,14H2,(H,24,25)(H2,23,28,29). The van der Waals surface area contributed by atoms with E-state index in [1.54, 1.807) is 6.07 Å². The Morgan fingerprint density at radius 1 is 0.871 bits per heavy atom. The molecule has 0 aliphatic heterocycles. The van der Waals surface area contributed by atoms with E-state index in [2.05, 4.69) is 11.9 Å². The number of anilines is 1. The zero-order chi connectivity index (χ0) is 22.6. The van der Waals surface area contributed by atoms with E-state index in [9.17, 15) is 21.6 Å². The summed E-state index contributed by atoms with van der Waals surface area (Å²) in [6, 6.07) is 19.2. The van der Waals surface area contributed by atoms with Crippen LogP contribution in [0.3, 0.4) is 0 Å². The molecule has 160 valence electrons. The van der Waals surface area contributed by atoms with Crippen LogP contribution in [0, 0.1) is 0 Å². The normalized spacial score (nSPS) is 11.6. The number of para-hydroxylation sites is 1. The maximum absolute atomic E-state index is 13.0. The largest absolute Gasteiger partial charge is 0.321 e. The fraction of sp³-hybridized carbons (Fsp3) is 0.0455. The van der Waals surface area contributed by atoms with Gasteiger partial charge in [0.15, 0.2) is 9.84 Å². The number of amides is 1. The number of benzene rings is 3. The van der Waals surface area contributed by atoms with Crippen molar-refractivity contribution < 1.29 is 21.6 Å². The van der Waals surface area contributed by atoms with Gasteiger partial charge in [-0.2, -0.15) is 0 Å². The molecule has 0 spiro atoms. The summed E-state index contributed by atoms with van der Waals surface area (Å²) in [7, 11) is -7.97. The first-order valence-electron chi connectivity index (χ1n) is 9.10. The molecule has 0 atom stereocenters. The number of sulfonamides is 1. The summed E-state index contributed by atoms with van der Waals surface area (Å²) in [5.74, 6) is -1.14. The molecule has 0 radical (unpaired) electrons. The summed E-state index contributed by atoms with van der Waals surface area (Å²) in [5.41, 5.74) is 1.23. The Hall–Kier alpha value is -3.27. The van der Waals surface area contributed by atoms with Gasteiger partial charge in [-0.05, 0) is 35.4 Å². The van der Waals surface area contributed by atoms with Crippen LogP contribution in [0.5, 0.6) is 0 Å². The van der Waals surface area contributed by atoms with Crippen LogP contribution in [0.2, 0.25) is 0 Å². The van der Waals surface area contributed by atoms with Crippen molar-refractivity contribution in [3.63, 3.8) is 0 Å². The van der Waals surface area contributed by atoms with Crippen LogP contribution in [0.1, 0.15) is 10.4 Å². The summed E-state index contributed by atoms with van der Waals surface area (Å²) in [5, 5.41) is 7.67. The number of carbonyl (C=O) groups excluding carboxylic acids is 1. The first-order valence-corrected chi connectivity index (χ1v) is 12.3. The van der Waals surface area contributed by atoms with E-state index >= 15 is 0 Å². The SMILES string of the molecule is C=CCS(=O)(=O)c1cc(-c2ccccc2)ccc1C(=O)Nc1ccccc1S(N)(=O)=O. The fourth-order valence-electron chi connectivity index (χ4n) is 3.03. The lowest BCUT2D eigenvalue weighted by atomic mass is 10.0. The van der Waals surface area contributed by atoms with Crippen molar-refractivity contribution in [2.45, 2.75) is 9.79 Å². The molecule has 0 saturated carbocycles. The molecule has 0 heterocycles. The van der Waals surface area contributed by atoms with Crippen molar-refractivity contribution >= 4 is 31.5 Å². The second-order valence-corrected chi connectivity index (χ2v) is 10.2.